The van der Waals surface area contributed by atoms with Crippen molar-refractivity contribution < 1.29 is 9.15 Å². The van der Waals surface area contributed by atoms with E-state index in [1.165, 1.54) is 0 Å². The maximum Gasteiger partial charge on any atom is 0.181 e. The molecule has 102 valence electrons. The molecule has 4 heteroatoms. The summed E-state index contributed by atoms with van der Waals surface area (Å²) in [7, 11) is 0. The Morgan fingerprint density at radius 3 is 2.89 bits per heavy atom. The van der Waals surface area contributed by atoms with E-state index in [1.807, 2.05) is 0 Å². The van der Waals surface area contributed by atoms with Crippen LogP contribution in [-0.2, 0) is 11.3 Å². The van der Waals surface area contributed by atoms with Crippen molar-refractivity contribution in [3.8, 4) is 0 Å². The summed E-state index contributed by atoms with van der Waals surface area (Å²) >= 11 is 0. The standard InChI is InChI=1S/C14H24N2O2/c1-5-12-10(6-7-17-12)13-11(15-9-18-13)8-16-14(2,3)4/h9-10,12,16H,5-8H2,1-4H3. The van der Waals surface area contributed by atoms with Gasteiger partial charge in [-0.2, -0.15) is 0 Å². The van der Waals surface area contributed by atoms with E-state index in [0.717, 1.165) is 37.4 Å². The molecule has 0 saturated carbocycles. The lowest BCUT2D eigenvalue weighted by molar-refractivity contribution is 0.0971. The van der Waals surface area contributed by atoms with Gasteiger partial charge < -0.3 is 14.5 Å². The first-order valence-corrected chi connectivity index (χ1v) is 6.80. The van der Waals surface area contributed by atoms with Crippen LogP contribution in [0, 0.1) is 0 Å². The molecule has 0 aliphatic carbocycles. The minimum atomic E-state index is 0.0898. The summed E-state index contributed by atoms with van der Waals surface area (Å²) in [6.07, 6.45) is 3.90. The van der Waals surface area contributed by atoms with Gasteiger partial charge in [-0.15, -0.1) is 0 Å². The Balaban J connectivity index is 2.07. The van der Waals surface area contributed by atoms with Crippen molar-refractivity contribution in [2.75, 3.05) is 6.61 Å². The van der Waals surface area contributed by atoms with Crippen LogP contribution in [0.15, 0.2) is 10.8 Å². The predicted molar refractivity (Wildman–Crippen MR) is 70.5 cm³/mol. The van der Waals surface area contributed by atoms with Crippen molar-refractivity contribution in [2.45, 2.75) is 64.6 Å². The molecule has 0 spiro atoms. The number of hydrogen-bond acceptors (Lipinski definition) is 4. The van der Waals surface area contributed by atoms with Crippen molar-refractivity contribution in [3.63, 3.8) is 0 Å². The molecule has 2 atom stereocenters. The molecule has 1 aromatic rings. The van der Waals surface area contributed by atoms with Crippen LogP contribution >= 0.6 is 0 Å². The van der Waals surface area contributed by atoms with Gasteiger partial charge in [0.15, 0.2) is 6.39 Å². The number of oxazole rings is 1. The Bertz CT molecular complexity index is 381. The molecule has 4 nitrogen and oxygen atoms in total. The van der Waals surface area contributed by atoms with Crippen LogP contribution in [0.5, 0.6) is 0 Å². The van der Waals surface area contributed by atoms with E-state index in [-0.39, 0.29) is 11.6 Å². The molecule has 0 amide bonds. The smallest absolute Gasteiger partial charge is 0.181 e. The molecular formula is C14H24N2O2. The molecule has 0 aromatic carbocycles. The number of nitrogens with one attached hydrogen (secondary N) is 1. The maximum atomic E-state index is 5.73. The van der Waals surface area contributed by atoms with Crippen molar-refractivity contribution in [1.82, 2.24) is 10.3 Å². The van der Waals surface area contributed by atoms with Crippen LogP contribution in [0.4, 0.5) is 0 Å². The monoisotopic (exact) mass is 252 g/mol. The zero-order chi connectivity index (χ0) is 13.2. The fourth-order valence-electron chi connectivity index (χ4n) is 2.41. The molecule has 1 aliphatic rings. The third-order valence-corrected chi connectivity index (χ3v) is 3.41. The van der Waals surface area contributed by atoms with Gasteiger partial charge in [-0.05, 0) is 33.6 Å². The third-order valence-electron chi connectivity index (χ3n) is 3.41. The third kappa shape index (κ3) is 3.12. The number of rotatable bonds is 4. The minimum absolute atomic E-state index is 0.0898. The highest BCUT2D eigenvalue weighted by atomic mass is 16.5. The summed E-state index contributed by atoms with van der Waals surface area (Å²) in [4.78, 5) is 4.35. The van der Waals surface area contributed by atoms with Crippen LogP contribution in [-0.4, -0.2) is 23.2 Å². The maximum absolute atomic E-state index is 5.73. The molecule has 0 radical (unpaired) electrons. The Labute approximate surface area is 109 Å². The molecular weight excluding hydrogens is 228 g/mol. The molecule has 1 aromatic heterocycles. The quantitative estimate of drug-likeness (QED) is 0.895. The molecule has 2 heterocycles. The normalized spacial score (nSPS) is 24.7. The van der Waals surface area contributed by atoms with E-state index in [9.17, 15) is 0 Å². The van der Waals surface area contributed by atoms with Gasteiger partial charge in [-0.25, -0.2) is 4.98 Å². The lowest BCUT2D eigenvalue weighted by Crippen LogP contribution is -2.35. The average Bonchev–Trinajstić information content (AvgIpc) is 2.93. The lowest BCUT2D eigenvalue weighted by Gasteiger charge is -2.21. The van der Waals surface area contributed by atoms with Crippen LogP contribution in [0.2, 0.25) is 0 Å². The van der Waals surface area contributed by atoms with Crippen molar-refractivity contribution in [2.24, 2.45) is 0 Å². The lowest BCUT2D eigenvalue weighted by atomic mass is 9.95. The number of hydrogen-bond donors (Lipinski definition) is 1. The van der Waals surface area contributed by atoms with E-state index < -0.39 is 0 Å². The van der Waals surface area contributed by atoms with Crippen LogP contribution < -0.4 is 5.32 Å². The van der Waals surface area contributed by atoms with Crippen LogP contribution in [0.3, 0.4) is 0 Å². The van der Waals surface area contributed by atoms with E-state index in [4.69, 9.17) is 9.15 Å². The number of ether oxygens (including phenoxy) is 1. The summed E-state index contributed by atoms with van der Waals surface area (Å²) in [5.41, 5.74) is 1.12. The number of nitrogens with zero attached hydrogens (tertiary/aromatic N) is 1. The van der Waals surface area contributed by atoms with Crippen LogP contribution in [0.1, 0.15) is 57.9 Å². The summed E-state index contributed by atoms with van der Waals surface area (Å²) < 4.78 is 11.3. The van der Waals surface area contributed by atoms with Gasteiger partial charge in [0.05, 0.1) is 11.8 Å². The van der Waals surface area contributed by atoms with Gasteiger partial charge in [-0.3, -0.25) is 0 Å². The van der Waals surface area contributed by atoms with Gasteiger partial charge in [0, 0.05) is 24.6 Å². The minimum Gasteiger partial charge on any atom is -0.448 e. The Morgan fingerprint density at radius 2 is 2.22 bits per heavy atom. The van der Waals surface area contributed by atoms with E-state index in [0.29, 0.717) is 5.92 Å². The summed E-state index contributed by atoms with van der Waals surface area (Å²) in [6.45, 7) is 10.2. The first-order valence-electron chi connectivity index (χ1n) is 6.80. The highest BCUT2D eigenvalue weighted by Gasteiger charge is 2.32. The molecule has 2 rings (SSSR count). The van der Waals surface area contributed by atoms with Gasteiger partial charge >= 0.3 is 0 Å². The average molecular weight is 252 g/mol. The molecule has 2 unspecified atom stereocenters. The summed E-state index contributed by atoms with van der Waals surface area (Å²) in [6, 6.07) is 0. The largest absolute Gasteiger partial charge is 0.448 e. The van der Waals surface area contributed by atoms with Crippen molar-refractivity contribution in [1.29, 1.82) is 0 Å². The summed E-state index contributed by atoms with van der Waals surface area (Å²) in [5.74, 6) is 1.38. The second-order valence-corrected chi connectivity index (χ2v) is 5.98. The first kappa shape index (κ1) is 13.6. The SMILES string of the molecule is CCC1OCCC1c1ocnc1CNC(C)(C)C. The van der Waals surface area contributed by atoms with Crippen molar-refractivity contribution >= 4 is 0 Å². The Morgan fingerprint density at radius 1 is 1.44 bits per heavy atom. The summed E-state index contributed by atoms with van der Waals surface area (Å²) in [5, 5.41) is 3.46. The van der Waals surface area contributed by atoms with Gasteiger partial charge in [0.25, 0.3) is 0 Å². The number of aromatic nitrogens is 1. The molecule has 1 fully saturated rings. The second kappa shape index (κ2) is 5.41. The van der Waals surface area contributed by atoms with Crippen LogP contribution in [0.25, 0.3) is 0 Å². The highest BCUT2D eigenvalue weighted by molar-refractivity contribution is 5.16. The fourth-order valence-corrected chi connectivity index (χ4v) is 2.41. The van der Waals surface area contributed by atoms with Gasteiger partial charge in [0.1, 0.15) is 5.76 Å². The molecule has 0 bridgehead atoms. The molecule has 1 N–H and O–H groups in total. The van der Waals surface area contributed by atoms with E-state index in [1.54, 1.807) is 6.39 Å². The van der Waals surface area contributed by atoms with Gasteiger partial charge in [-0.1, -0.05) is 6.92 Å². The fraction of sp³-hybridized carbons (Fsp3) is 0.786. The molecule has 18 heavy (non-hydrogen) atoms. The van der Waals surface area contributed by atoms with E-state index in [2.05, 4.69) is 38.0 Å². The highest BCUT2D eigenvalue weighted by Crippen LogP contribution is 2.34. The zero-order valence-electron chi connectivity index (χ0n) is 11.8. The van der Waals surface area contributed by atoms with Crippen molar-refractivity contribution in [3.05, 3.63) is 17.8 Å². The first-order chi connectivity index (χ1) is 8.51. The topological polar surface area (TPSA) is 47.3 Å². The second-order valence-electron chi connectivity index (χ2n) is 5.98. The molecule has 1 aliphatic heterocycles. The van der Waals surface area contributed by atoms with Gasteiger partial charge in [0.2, 0.25) is 0 Å². The Kier molecular flexibility index (Phi) is 4.07. The Hall–Kier alpha value is -0.870. The van der Waals surface area contributed by atoms with E-state index >= 15 is 0 Å². The predicted octanol–water partition coefficient (Wildman–Crippen LogP) is 2.85. The molecule has 1 saturated heterocycles. The zero-order valence-corrected chi connectivity index (χ0v) is 11.8.